The van der Waals surface area contributed by atoms with Gasteiger partial charge in [0.05, 0.1) is 38.0 Å². The summed E-state index contributed by atoms with van der Waals surface area (Å²) in [7, 11) is 1.44. The van der Waals surface area contributed by atoms with E-state index in [-0.39, 0.29) is 29.6 Å². The third kappa shape index (κ3) is 4.48. The van der Waals surface area contributed by atoms with Crippen LogP contribution in [-0.4, -0.2) is 48.2 Å². The van der Waals surface area contributed by atoms with E-state index < -0.39 is 36.0 Å². The summed E-state index contributed by atoms with van der Waals surface area (Å²) >= 11 is 0. The highest BCUT2D eigenvalue weighted by molar-refractivity contribution is 6.02. The van der Waals surface area contributed by atoms with Gasteiger partial charge in [-0.25, -0.2) is 18.7 Å². The Morgan fingerprint density at radius 2 is 2.19 bits per heavy atom. The van der Waals surface area contributed by atoms with Gasteiger partial charge in [-0.05, 0) is 31.5 Å². The minimum absolute atomic E-state index is 0.0209. The number of hydrogen-bond acceptors (Lipinski definition) is 6. The van der Waals surface area contributed by atoms with Gasteiger partial charge in [-0.3, -0.25) is 9.79 Å². The molecular formula is C21H25F2N5O3. The zero-order valence-corrected chi connectivity index (χ0v) is 17.6. The SMILES string of the molecule is CCC1C(CF)OCC1(N=C(C)N)c1cc(NC(=O)c2cnc(OC)cn2)ccc1F. The van der Waals surface area contributed by atoms with Crippen LogP contribution >= 0.6 is 0 Å². The number of nitrogens with one attached hydrogen (secondary N) is 1. The number of aliphatic imine (C=N–C) groups is 1. The molecule has 0 radical (unpaired) electrons. The number of amides is 1. The summed E-state index contributed by atoms with van der Waals surface area (Å²) in [6.07, 6.45) is 2.37. The number of methoxy groups -OCH3 is 1. The summed E-state index contributed by atoms with van der Waals surface area (Å²) in [4.78, 5) is 25.0. The predicted octanol–water partition coefficient (Wildman–Crippen LogP) is 2.84. The molecule has 2 heterocycles. The van der Waals surface area contributed by atoms with E-state index in [0.29, 0.717) is 12.1 Å². The van der Waals surface area contributed by atoms with Crippen molar-refractivity contribution in [3.8, 4) is 5.88 Å². The van der Waals surface area contributed by atoms with Crippen molar-refractivity contribution in [3.05, 3.63) is 47.7 Å². The highest BCUT2D eigenvalue weighted by Crippen LogP contribution is 2.46. The van der Waals surface area contributed by atoms with Crippen molar-refractivity contribution in [2.45, 2.75) is 31.9 Å². The maximum atomic E-state index is 15.0. The number of carbonyl (C=O) groups excluding carboxylic acids is 1. The van der Waals surface area contributed by atoms with E-state index in [1.165, 1.54) is 37.7 Å². The van der Waals surface area contributed by atoms with Crippen LogP contribution in [0.2, 0.25) is 0 Å². The standard InChI is InChI=1S/C21H25F2N5O3/c1-4-14-18(8-22)31-11-21(14,28-12(2)24)15-7-13(5-6-16(15)23)27-20(29)17-9-26-19(30-3)10-25-17/h5-7,9-10,14,18H,4,8,11H2,1-3H3,(H2,24,28)(H,27,29). The molecule has 166 valence electrons. The van der Waals surface area contributed by atoms with Crippen LogP contribution in [0.5, 0.6) is 5.88 Å². The maximum absolute atomic E-state index is 15.0. The van der Waals surface area contributed by atoms with Gasteiger partial charge in [-0.15, -0.1) is 0 Å². The number of rotatable bonds is 7. The Morgan fingerprint density at radius 3 is 2.77 bits per heavy atom. The van der Waals surface area contributed by atoms with E-state index >= 15 is 0 Å². The van der Waals surface area contributed by atoms with Gasteiger partial charge in [0.15, 0.2) is 0 Å². The summed E-state index contributed by atoms with van der Waals surface area (Å²) in [6, 6.07) is 4.12. The van der Waals surface area contributed by atoms with Crippen LogP contribution in [0.15, 0.2) is 35.6 Å². The smallest absolute Gasteiger partial charge is 0.275 e. The second kappa shape index (κ2) is 9.34. The van der Waals surface area contributed by atoms with Crippen molar-refractivity contribution >= 4 is 17.4 Å². The van der Waals surface area contributed by atoms with Crippen molar-refractivity contribution in [1.29, 1.82) is 0 Å². The number of benzene rings is 1. The molecule has 1 aliphatic rings. The van der Waals surface area contributed by atoms with Crippen molar-refractivity contribution < 1.29 is 23.0 Å². The fraction of sp³-hybridized carbons (Fsp3) is 0.429. The number of anilines is 1. The molecule has 3 atom stereocenters. The van der Waals surface area contributed by atoms with Gasteiger partial charge in [0.2, 0.25) is 5.88 Å². The summed E-state index contributed by atoms with van der Waals surface area (Å²) in [6.45, 7) is 2.72. The first kappa shape index (κ1) is 22.5. The zero-order valence-electron chi connectivity index (χ0n) is 17.6. The molecule has 31 heavy (non-hydrogen) atoms. The fourth-order valence-corrected chi connectivity index (χ4v) is 3.95. The molecular weight excluding hydrogens is 408 g/mol. The van der Waals surface area contributed by atoms with Gasteiger partial charge in [-0.1, -0.05) is 6.92 Å². The van der Waals surface area contributed by atoms with E-state index in [1.807, 2.05) is 6.92 Å². The first-order valence-corrected chi connectivity index (χ1v) is 9.81. The van der Waals surface area contributed by atoms with E-state index in [4.69, 9.17) is 15.2 Å². The van der Waals surface area contributed by atoms with Crippen LogP contribution in [0.4, 0.5) is 14.5 Å². The Kier molecular flexibility index (Phi) is 6.79. The Morgan fingerprint density at radius 1 is 1.42 bits per heavy atom. The van der Waals surface area contributed by atoms with E-state index in [1.54, 1.807) is 6.92 Å². The fourth-order valence-electron chi connectivity index (χ4n) is 3.95. The van der Waals surface area contributed by atoms with Crippen molar-refractivity contribution in [2.24, 2.45) is 16.6 Å². The summed E-state index contributed by atoms with van der Waals surface area (Å²) in [5.74, 6) is -1.01. The molecule has 0 bridgehead atoms. The molecule has 1 aliphatic heterocycles. The summed E-state index contributed by atoms with van der Waals surface area (Å²) in [5, 5.41) is 2.67. The Hall–Kier alpha value is -3.14. The first-order valence-electron chi connectivity index (χ1n) is 9.81. The second-order valence-corrected chi connectivity index (χ2v) is 7.29. The molecule has 8 nitrogen and oxygen atoms in total. The molecule has 1 aromatic carbocycles. The van der Waals surface area contributed by atoms with Crippen LogP contribution in [0.3, 0.4) is 0 Å². The van der Waals surface area contributed by atoms with Crippen molar-refractivity contribution in [3.63, 3.8) is 0 Å². The quantitative estimate of drug-likeness (QED) is 0.513. The highest BCUT2D eigenvalue weighted by atomic mass is 19.1. The molecule has 0 saturated carbocycles. The van der Waals surface area contributed by atoms with E-state index in [2.05, 4.69) is 20.3 Å². The minimum atomic E-state index is -1.20. The monoisotopic (exact) mass is 433 g/mol. The number of nitrogens with zero attached hydrogens (tertiary/aromatic N) is 3. The molecule has 0 aliphatic carbocycles. The normalized spacial score (nSPS) is 23.6. The maximum Gasteiger partial charge on any atom is 0.275 e. The largest absolute Gasteiger partial charge is 0.480 e. The molecule has 1 amide bonds. The minimum Gasteiger partial charge on any atom is -0.480 e. The number of aromatic nitrogens is 2. The van der Waals surface area contributed by atoms with Crippen LogP contribution in [0.25, 0.3) is 0 Å². The lowest BCUT2D eigenvalue weighted by molar-refractivity contribution is 0.0674. The average molecular weight is 433 g/mol. The molecule has 3 rings (SSSR count). The van der Waals surface area contributed by atoms with Crippen LogP contribution < -0.4 is 15.8 Å². The molecule has 3 N–H and O–H groups in total. The molecule has 1 fully saturated rings. The molecule has 0 spiro atoms. The lowest BCUT2D eigenvalue weighted by Crippen LogP contribution is -2.38. The number of carbonyl (C=O) groups is 1. The lowest BCUT2D eigenvalue weighted by Gasteiger charge is -2.32. The van der Waals surface area contributed by atoms with Gasteiger partial charge < -0.3 is 20.5 Å². The average Bonchev–Trinajstić information content (AvgIpc) is 3.12. The molecule has 10 heteroatoms. The Labute approximate surface area is 178 Å². The van der Waals surface area contributed by atoms with Crippen molar-refractivity contribution in [2.75, 3.05) is 25.7 Å². The molecule has 3 unspecified atom stereocenters. The van der Waals surface area contributed by atoms with Gasteiger partial charge in [0.1, 0.15) is 23.7 Å². The van der Waals surface area contributed by atoms with Crippen LogP contribution in [-0.2, 0) is 10.3 Å². The van der Waals surface area contributed by atoms with E-state index in [9.17, 15) is 13.6 Å². The lowest BCUT2D eigenvalue weighted by atomic mass is 9.76. The Bertz CT molecular complexity index is 966. The zero-order chi connectivity index (χ0) is 22.6. The third-order valence-corrected chi connectivity index (χ3v) is 5.31. The highest BCUT2D eigenvalue weighted by Gasteiger charge is 2.51. The van der Waals surface area contributed by atoms with Crippen molar-refractivity contribution in [1.82, 2.24) is 9.97 Å². The number of amidine groups is 1. The summed E-state index contributed by atoms with van der Waals surface area (Å²) in [5.41, 5.74) is 5.21. The van der Waals surface area contributed by atoms with Gasteiger partial charge in [0, 0.05) is 17.2 Å². The molecule has 1 aromatic heterocycles. The van der Waals surface area contributed by atoms with Crippen LogP contribution in [0.1, 0.15) is 36.3 Å². The third-order valence-electron chi connectivity index (χ3n) is 5.31. The number of halogens is 2. The first-order chi connectivity index (χ1) is 14.8. The second-order valence-electron chi connectivity index (χ2n) is 7.29. The Balaban J connectivity index is 1.98. The topological polar surface area (TPSA) is 112 Å². The number of alkyl halides is 1. The van der Waals surface area contributed by atoms with Crippen LogP contribution in [0, 0.1) is 11.7 Å². The predicted molar refractivity (Wildman–Crippen MR) is 111 cm³/mol. The number of hydrogen-bond donors (Lipinski definition) is 2. The molecule has 1 saturated heterocycles. The number of nitrogens with two attached hydrogens (primary N) is 1. The number of ether oxygens (including phenoxy) is 2. The van der Waals surface area contributed by atoms with Gasteiger partial charge in [0.25, 0.3) is 5.91 Å². The summed E-state index contributed by atoms with van der Waals surface area (Å²) < 4.78 is 39.1. The van der Waals surface area contributed by atoms with E-state index in [0.717, 1.165) is 0 Å². The molecule has 2 aromatic rings. The van der Waals surface area contributed by atoms with Gasteiger partial charge >= 0.3 is 0 Å². The van der Waals surface area contributed by atoms with Gasteiger partial charge in [-0.2, -0.15) is 0 Å².